The van der Waals surface area contributed by atoms with Crippen molar-refractivity contribution >= 4 is 10.8 Å². The zero-order valence-corrected chi connectivity index (χ0v) is 9.94. The molecular weight excluding hydrogens is 210 g/mol. The first-order chi connectivity index (χ1) is 8.33. The molecule has 0 aliphatic rings. The fraction of sp³-hybridized carbons (Fsp3) is 0.267. The second-order valence-electron chi connectivity index (χ2n) is 4.04. The Morgan fingerprint density at radius 1 is 1.12 bits per heavy atom. The van der Waals surface area contributed by atoms with Gasteiger partial charge in [0.1, 0.15) is 5.75 Å². The first kappa shape index (κ1) is 11.5. The topological polar surface area (TPSA) is 33.0 Å². The van der Waals surface area contributed by atoms with Crippen molar-refractivity contribution in [2.75, 3.05) is 6.61 Å². The molecule has 0 saturated heterocycles. The molecule has 86 valence electrons. The van der Waals surface area contributed by atoms with Gasteiger partial charge in [0.25, 0.3) is 0 Å². The summed E-state index contributed by atoms with van der Waals surface area (Å²) in [6, 6.07) is 13.8. The van der Waals surface area contributed by atoms with Gasteiger partial charge < -0.3 is 4.74 Å². The Morgan fingerprint density at radius 3 is 2.65 bits per heavy atom. The third-order valence-electron chi connectivity index (χ3n) is 2.71. The van der Waals surface area contributed by atoms with E-state index in [1.807, 2.05) is 36.4 Å². The highest BCUT2D eigenvalue weighted by Crippen LogP contribution is 2.22. The van der Waals surface area contributed by atoms with Gasteiger partial charge in [-0.15, -0.1) is 0 Å². The summed E-state index contributed by atoms with van der Waals surface area (Å²) in [4.78, 5) is 0. The predicted octanol–water partition coefficient (Wildman–Crippen LogP) is 3.89. The lowest BCUT2D eigenvalue weighted by molar-refractivity contribution is 0.310. The highest BCUT2D eigenvalue weighted by Gasteiger charge is 1.99. The monoisotopic (exact) mass is 225 g/mol. The molecule has 17 heavy (non-hydrogen) atoms. The summed E-state index contributed by atoms with van der Waals surface area (Å²) in [7, 11) is 0. The van der Waals surface area contributed by atoms with Crippen molar-refractivity contribution in [2.24, 2.45) is 0 Å². The third-order valence-corrected chi connectivity index (χ3v) is 2.71. The molecule has 2 aromatic rings. The van der Waals surface area contributed by atoms with Crippen LogP contribution >= 0.6 is 0 Å². The maximum Gasteiger partial charge on any atom is 0.119 e. The van der Waals surface area contributed by atoms with Gasteiger partial charge in [0.2, 0.25) is 0 Å². The first-order valence-corrected chi connectivity index (χ1v) is 5.90. The van der Waals surface area contributed by atoms with Crippen molar-refractivity contribution in [1.29, 1.82) is 5.26 Å². The Balaban J connectivity index is 2.23. The molecule has 0 heterocycles. The van der Waals surface area contributed by atoms with Crippen LogP contribution in [0.15, 0.2) is 36.4 Å². The Morgan fingerprint density at radius 2 is 1.88 bits per heavy atom. The Labute approximate surface area is 101 Å². The van der Waals surface area contributed by atoms with Crippen molar-refractivity contribution in [3.05, 3.63) is 42.0 Å². The molecule has 0 spiro atoms. The smallest absolute Gasteiger partial charge is 0.119 e. The van der Waals surface area contributed by atoms with Gasteiger partial charge in [-0.05, 0) is 41.5 Å². The minimum absolute atomic E-state index is 0.692. The number of nitrogens with zero attached hydrogens (tertiary/aromatic N) is 1. The van der Waals surface area contributed by atoms with Gasteiger partial charge in [0, 0.05) is 0 Å². The van der Waals surface area contributed by atoms with E-state index in [1.165, 1.54) is 0 Å². The lowest BCUT2D eigenvalue weighted by Gasteiger charge is -2.06. The van der Waals surface area contributed by atoms with Crippen molar-refractivity contribution in [3.8, 4) is 11.8 Å². The standard InChI is InChI=1S/C15H15NO/c1-2-3-8-17-15-7-6-13-9-12(11-16)4-5-14(13)10-15/h4-7,9-10H,2-3,8H2,1H3. The van der Waals surface area contributed by atoms with Gasteiger partial charge in [0.15, 0.2) is 0 Å². The summed E-state index contributed by atoms with van der Waals surface area (Å²) in [6.45, 7) is 2.91. The minimum Gasteiger partial charge on any atom is -0.494 e. The van der Waals surface area contributed by atoms with E-state index in [1.54, 1.807) is 0 Å². The summed E-state index contributed by atoms with van der Waals surface area (Å²) in [5, 5.41) is 11.0. The van der Waals surface area contributed by atoms with Crippen molar-refractivity contribution in [3.63, 3.8) is 0 Å². The second-order valence-corrected chi connectivity index (χ2v) is 4.04. The van der Waals surface area contributed by atoms with Crippen LogP contribution in [0.3, 0.4) is 0 Å². The average molecular weight is 225 g/mol. The maximum atomic E-state index is 8.82. The quantitative estimate of drug-likeness (QED) is 0.739. The van der Waals surface area contributed by atoms with Crippen molar-refractivity contribution in [1.82, 2.24) is 0 Å². The molecule has 2 nitrogen and oxygen atoms in total. The highest BCUT2D eigenvalue weighted by molar-refractivity contribution is 5.85. The first-order valence-electron chi connectivity index (χ1n) is 5.90. The van der Waals surface area contributed by atoms with E-state index in [2.05, 4.69) is 13.0 Å². The number of rotatable bonds is 4. The highest BCUT2D eigenvalue weighted by atomic mass is 16.5. The average Bonchev–Trinajstić information content (AvgIpc) is 2.38. The third kappa shape index (κ3) is 2.76. The van der Waals surface area contributed by atoms with Gasteiger partial charge in [-0.3, -0.25) is 0 Å². The number of benzene rings is 2. The number of unbranched alkanes of at least 4 members (excludes halogenated alkanes) is 1. The Kier molecular flexibility index (Phi) is 3.62. The second kappa shape index (κ2) is 5.36. The largest absolute Gasteiger partial charge is 0.494 e. The fourth-order valence-electron chi connectivity index (χ4n) is 1.72. The minimum atomic E-state index is 0.692. The summed E-state index contributed by atoms with van der Waals surface area (Å²) >= 11 is 0. The summed E-state index contributed by atoms with van der Waals surface area (Å²) in [6.07, 6.45) is 2.21. The molecule has 0 aliphatic heterocycles. The fourth-order valence-corrected chi connectivity index (χ4v) is 1.72. The van der Waals surface area contributed by atoms with Crippen LogP contribution in [0.4, 0.5) is 0 Å². The van der Waals surface area contributed by atoms with Crippen molar-refractivity contribution < 1.29 is 4.74 Å². The van der Waals surface area contributed by atoms with Crippen LogP contribution in [0.25, 0.3) is 10.8 Å². The van der Waals surface area contributed by atoms with Gasteiger partial charge in [-0.2, -0.15) is 5.26 Å². The molecule has 0 amide bonds. The van der Waals surface area contributed by atoms with E-state index in [9.17, 15) is 0 Å². The normalized spacial score (nSPS) is 10.1. The van der Waals surface area contributed by atoms with Crippen LogP contribution < -0.4 is 4.74 Å². The number of nitriles is 1. The molecule has 0 fully saturated rings. The number of hydrogen-bond donors (Lipinski definition) is 0. The SMILES string of the molecule is CCCCOc1ccc2cc(C#N)ccc2c1. The van der Waals surface area contributed by atoms with Gasteiger partial charge in [-0.1, -0.05) is 25.5 Å². The molecule has 2 heteroatoms. The molecule has 0 atom stereocenters. The van der Waals surface area contributed by atoms with E-state index in [-0.39, 0.29) is 0 Å². The number of ether oxygens (including phenoxy) is 1. The van der Waals surface area contributed by atoms with Crippen molar-refractivity contribution in [2.45, 2.75) is 19.8 Å². The number of hydrogen-bond acceptors (Lipinski definition) is 2. The van der Waals surface area contributed by atoms with Crippen LogP contribution in [-0.2, 0) is 0 Å². The molecule has 2 rings (SSSR count). The zero-order chi connectivity index (χ0) is 12.1. The van der Waals surface area contributed by atoms with Gasteiger partial charge in [-0.25, -0.2) is 0 Å². The van der Waals surface area contributed by atoms with E-state index < -0.39 is 0 Å². The van der Waals surface area contributed by atoms with Gasteiger partial charge in [0.05, 0.1) is 18.2 Å². The van der Waals surface area contributed by atoms with E-state index in [0.29, 0.717) is 5.56 Å². The molecule has 0 aliphatic carbocycles. The predicted molar refractivity (Wildman–Crippen MR) is 69.1 cm³/mol. The van der Waals surface area contributed by atoms with Crippen LogP contribution in [0.1, 0.15) is 25.3 Å². The summed E-state index contributed by atoms with van der Waals surface area (Å²) < 4.78 is 5.65. The lowest BCUT2D eigenvalue weighted by atomic mass is 10.1. The molecule has 0 unspecified atom stereocenters. The number of fused-ring (bicyclic) bond motifs is 1. The van der Waals surface area contributed by atoms with Crippen LogP contribution in [0.5, 0.6) is 5.75 Å². The summed E-state index contributed by atoms with van der Waals surface area (Å²) in [5.41, 5.74) is 0.692. The van der Waals surface area contributed by atoms with Crippen LogP contribution in [0.2, 0.25) is 0 Å². The molecule has 0 bridgehead atoms. The Bertz CT molecular complexity index is 554. The van der Waals surface area contributed by atoms with E-state index in [0.717, 1.165) is 36.0 Å². The lowest BCUT2D eigenvalue weighted by Crippen LogP contribution is -1.95. The Hall–Kier alpha value is -2.01. The zero-order valence-electron chi connectivity index (χ0n) is 9.94. The molecule has 2 aromatic carbocycles. The molecule has 0 N–H and O–H groups in total. The van der Waals surface area contributed by atoms with E-state index >= 15 is 0 Å². The molecule has 0 radical (unpaired) electrons. The van der Waals surface area contributed by atoms with E-state index in [4.69, 9.17) is 10.00 Å². The molecule has 0 saturated carbocycles. The maximum absolute atomic E-state index is 8.82. The van der Waals surface area contributed by atoms with Crippen LogP contribution in [0, 0.1) is 11.3 Å². The van der Waals surface area contributed by atoms with Crippen LogP contribution in [-0.4, -0.2) is 6.61 Å². The van der Waals surface area contributed by atoms with Gasteiger partial charge >= 0.3 is 0 Å². The summed E-state index contributed by atoms with van der Waals surface area (Å²) in [5.74, 6) is 0.899. The molecular formula is C15H15NO. The molecule has 0 aromatic heterocycles.